The van der Waals surface area contributed by atoms with Crippen molar-refractivity contribution in [3.63, 3.8) is 0 Å². The Morgan fingerprint density at radius 3 is 2.67 bits per heavy atom. The second-order valence-corrected chi connectivity index (χ2v) is 4.95. The minimum absolute atomic E-state index is 0.260. The van der Waals surface area contributed by atoms with Gasteiger partial charge in [-0.3, -0.25) is 0 Å². The van der Waals surface area contributed by atoms with E-state index in [0.717, 1.165) is 0 Å². The highest BCUT2D eigenvalue weighted by molar-refractivity contribution is 9.10. The van der Waals surface area contributed by atoms with Crippen molar-refractivity contribution >= 4 is 33.5 Å². The summed E-state index contributed by atoms with van der Waals surface area (Å²) in [7, 11) is 1.29. The summed E-state index contributed by atoms with van der Waals surface area (Å²) in [6, 6.07) is 4.64. The van der Waals surface area contributed by atoms with Gasteiger partial charge >= 0.3 is 5.97 Å². The van der Waals surface area contributed by atoms with Crippen molar-refractivity contribution < 1.29 is 19.7 Å². The molecular weight excluding hydrogens is 323 g/mol. The first-order valence-corrected chi connectivity index (χ1v) is 6.63. The molecule has 1 rings (SSSR count). The van der Waals surface area contributed by atoms with Gasteiger partial charge in [-0.25, -0.2) is 4.79 Å². The number of aliphatic hydroxyl groups excluding tert-OH is 2. The molecule has 0 bridgehead atoms. The Hall–Kier alpha value is -0.620. The molecule has 0 aliphatic heterocycles. The molecule has 6 heteroatoms. The van der Waals surface area contributed by atoms with E-state index in [0.29, 0.717) is 15.6 Å². The van der Waals surface area contributed by atoms with Gasteiger partial charge in [0.15, 0.2) is 0 Å². The molecule has 4 nitrogen and oxygen atoms in total. The lowest BCUT2D eigenvalue weighted by Gasteiger charge is -2.18. The van der Waals surface area contributed by atoms with Crippen LogP contribution in [0.5, 0.6) is 0 Å². The van der Waals surface area contributed by atoms with Gasteiger partial charge in [0, 0.05) is 10.4 Å². The van der Waals surface area contributed by atoms with Crippen LogP contribution in [0.4, 0.5) is 0 Å². The summed E-state index contributed by atoms with van der Waals surface area (Å²) in [6.45, 7) is 0. The van der Waals surface area contributed by atoms with E-state index in [4.69, 9.17) is 11.6 Å². The first-order chi connectivity index (χ1) is 8.51. The molecule has 2 unspecified atom stereocenters. The molecule has 0 saturated carbocycles. The summed E-state index contributed by atoms with van der Waals surface area (Å²) < 4.78 is 5.12. The minimum atomic E-state index is -1.05. The maximum absolute atomic E-state index is 11.3. The topological polar surface area (TPSA) is 66.8 Å². The number of rotatable bonds is 5. The van der Waals surface area contributed by atoms with Gasteiger partial charge in [-0.05, 0) is 24.1 Å². The monoisotopic (exact) mass is 336 g/mol. The van der Waals surface area contributed by atoms with E-state index in [9.17, 15) is 15.0 Å². The maximum Gasteiger partial charge on any atom is 0.337 e. The standard InChI is InChI=1S/C12H14BrClO4/c1-18-12(17)7-2-3-8(9(13)6-7)11(16)10(15)4-5-14/h2-3,6,10-11,15-16H,4-5H2,1H3. The smallest absolute Gasteiger partial charge is 0.337 e. The first kappa shape index (κ1) is 15.4. The number of hydrogen-bond donors (Lipinski definition) is 2. The summed E-state index contributed by atoms with van der Waals surface area (Å²) >= 11 is 8.76. The number of esters is 1. The molecular formula is C12H14BrClO4. The summed E-state index contributed by atoms with van der Waals surface area (Å²) in [4.78, 5) is 11.3. The van der Waals surface area contributed by atoms with Crippen LogP contribution in [0.25, 0.3) is 0 Å². The Morgan fingerprint density at radius 2 is 2.17 bits per heavy atom. The van der Waals surface area contributed by atoms with Crippen molar-refractivity contribution in [2.45, 2.75) is 18.6 Å². The fourth-order valence-electron chi connectivity index (χ4n) is 1.49. The number of benzene rings is 1. The van der Waals surface area contributed by atoms with E-state index in [2.05, 4.69) is 20.7 Å². The van der Waals surface area contributed by atoms with Gasteiger partial charge in [0.2, 0.25) is 0 Å². The van der Waals surface area contributed by atoms with Crippen LogP contribution in [0.3, 0.4) is 0 Å². The third-order valence-electron chi connectivity index (χ3n) is 2.51. The van der Waals surface area contributed by atoms with E-state index >= 15 is 0 Å². The molecule has 0 fully saturated rings. The van der Waals surface area contributed by atoms with E-state index in [1.54, 1.807) is 6.07 Å². The van der Waals surface area contributed by atoms with Crippen molar-refractivity contribution in [2.75, 3.05) is 13.0 Å². The van der Waals surface area contributed by atoms with Crippen LogP contribution in [0.15, 0.2) is 22.7 Å². The van der Waals surface area contributed by atoms with Gasteiger partial charge < -0.3 is 14.9 Å². The lowest BCUT2D eigenvalue weighted by atomic mass is 10.0. The number of ether oxygens (including phenoxy) is 1. The largest absolute Gasteiger partial charge is 0.465 e. The molecule has 0 amide bonds. The van der Waals surface area contributed by atoms with Gasteiger partial charge in [0.25, 0.3) is 0 Å². The normalized spacial score (nSPS) is 14.1. The Labute approximate surface area is 119 Å². The fourth-order valence-corrected chi connectivity index (χ4v) is 2.33. The minimum Gasteiger partial charge on any atom is -0.465 e. The van der Waals surface area contributed by atoms with Crippen molar-refractivity contribution in [1.29, 1.82) is 0 Å². The average molecular weight is 338 g/mol. The Morgan fingerprint density at radius 1 is 1.50 bits per heavy atom. The number of carbonyl (C=O) groups excluding carboxylic acids is 1. The quantitative estimate of drug-likeness (QED) is 0.639. The summed E-state index contributed by atoms with van der Waals surface area (Å²) in [5, 5.41) is 19.6. The van der Waals surface area contributed by atoms with Crippen molar-refractivity contribution in [2.24, 2.45) is 0 Å². The summed E-state index contributed by atoms with van der Waals surface area (Å²) in [6.07, 6.45) is -1.71. The first-order valence-electron chi connectivity index (χ1n) is 5.31. The second-order valence-electron chi connectivity index (χ2n) is 3.72. The second kappa shape index (κ2) is 7.09. The Bertz CT molecular complexity index is 425. The molecule has 0 heterocycles. The van der Waals surface area contributed by atoms with Crippen LogP contribution < -0.4 is 0 Å². The molecule has 0 aliphatic carbocycles. The SMILES string of the molecule is COC(=O)c1ccc(C(O)C(O)CCCl)c(Br)c1. The lowest BCUT2D eigenvalue weighted by Crippen LogP contribution is -2.19. The van der Waals surface area contributed by atoms with Gasteiger partial charge in [-0.15, -0.1) is 11.6 Å². The number of aliphatic hydroxyl groups is 2. The lowest BCUT2D eigenvalue weighted by molar-refractivity contribution is 0.0165. The molecule has 0 spiro atoms. The summed E-state index contributed by atoms with van der Waals surface area (Å²) in [5.74, 6) is -0.200. The van der Waals surface area contributed by atoms with E-state index < -0.39 is 18.2 Å². The van der Waals surface area contributed by atoms with Crippen molar-refractivity contribution in [3.05, 3.63) is 33.8 Å². The van der Waals surface area contributed by atoms with E-state index in [1.807, 2.05) is 0 Å². The van der Waals surface area contributed by atoms with E-state index in [-0.39, 0.29) is 12.3 Å². The number of carbonyl (C=O) groups is 1. The zero-order valence-corrected chi connectivity index (χ0v) is 12.1. The maximum atomic E-state index is 11.3. The summed E-state index contributed by atoms with van der Waals surface area (Å²) in [5.41, 5.74) is 0.868. The molecule has 0 radical (unpaired) electrons. The highest BCUT2D eigenvalue weighted by atomic mass is 79.9. The van der Waals surface area contributed by atoms with Gasteiger partial charge in [0.1, 0.15) is 6.10 Å². The van der Waals surface area contributed by atoms with Gasteiger partial charge in [-0.1, -0.05) is 22.0 Å². The fraction of sp³-hybridized carbons (Fsp3) is 0.417. The van der Waals surface area contributed by atoms with Crippen molar-refractivity contribution in [3.8, 4) is 0 Å². The molecule has 0 saturated heterocycles. The van der Waals surface area contributed by atoms with Crippen molar-refractivity contribution in [1.82, 2.24) is 0 Å². The zero-order chi connectivity index (χ0) is 13.7. The van der Waals surface area contributed by atoms with Crippen LogP contribution in [0.1, 0.15) is 28.4 Å². The Kier molecular flexibility index (Phi) is 6.08. The molecule has 1 aromatic carbocycles. The zero-order valence-electron chi connectivity index (χ0n) is 9.77. The molecule has 2 N–H and O–H groups in total. The van der Waals surface area contributed by atoms with Crippen LogP contribution in [-0.2, 0) is 4.74 Å². The molecule has 0 aliphatic rings. The number of halogens is 2. The van der Waals surface area contributed by atoms with Gasteiger partial charge in [-0.2, -0.15) is 0 Å². The average Bonchev–Trinajstić information content (AvgIpc) is 2.37. The third-order valence-corrected chi connectivity index (χ3v) is 3.41. The molecule has 100 valence electrons. The Balaban J connectivity index is 2.94. The van der Waals surface area contributed by atoms with Crippen LogP contribution in [0.2, 0.25) is 0 Å². The van der Waals surface area contributed by atoms with Gasteiger partial charge in [0.05, 0.1) is 18.8 Å². The predicted molar refractivity (Wildman–Crippen MR) is 71.8 cm³/mol. The van der Waals surface area contributed by atoms with Crippen LogP contribution in [0, 0.1) is 0 Å². The van der Waals surface area contributed by atoms with Crippen LogP contribution in [-0.4, -0.2) is 35.3 Å². The molecule has 18 heavy (non-hydrogen) atoms. The van der Waals surface area contributed by atoms with E-state index in [1.165, 1.54) is 19.2 Å². The third kappa shape index (κ3) is 3.68. The highest BCUT2D eigenvalue weighted by Crippen LogP contribution is 2.28. The highest BCUT2D eigenvalue weighted by Gasteiger charge is 2.21. The molecule has 1 aromatic rings. The molecule has 2 atom stereocenters. The number of alkyl halides is 1. The molecule has 0 aromatic heterocycles. The van der Waals surface area contributed by atoms with Crippen LogP contribution >= 0.6 is 27.5 Å². The number of methoxy groups -OCH3 is 1. The predicted octanol–water partition coefficient (Wildman–Crippen LogP) is 2.26. The number of hydrogen-bond acceptors (Lipinski definition) is 4.